The van der Waals surface area contributed by atoms with E-state index in [2.05, 4.69) is 6.58 Å². The van der Waals surface area contributed by atoms with E-state index in [1.54, 1.807) is 29.2 Å². The Morgan fingerprint density at radius 3 is 2.64 bits per heavy atom. The molecule has 0 radical (unpaired) electrons. The topological polar surface area (TPSA) is 66.8 Å². The fourth-order valence-corrected chi connectivity index (χ4v) is 2.45. The Kier molecular flexibility index (Phi) is 5.20. The molecule has 22 heavy (non-hydrogen) atoms. The molecule has 1 atom stereocenters. The normalized spacial score (nSPS) is 17.9. The third-order valence-electron chi connectivity index (χ3n) is 3.64. The number of hydrogen-bond donors (Lipinski definition) is 1. The van der Waals surface area contributed by atoms with E-state index in [0.717, 1.165) is 12.0 Å². The van der Waals surface area contributed by atoms with E-state index in [1.807, 2.05) is 6.92 Å². The van der Waals surface area contributed by atoms with Gasteiger partial charge in [-0.15, -0.1) is 0 Å². The number of carbonyl (C=O) groups excluding carboxylic acids is 1. The molecule has 1 unspecified atom stereocenters. The van der Waals surface area contributed by atoms with Crippen LogP contribution in [-0.4, -0.2) is 41.6 Å². The minimum atomic E-state index is -0.832. The largest absolute Gasteiger partial charge is 0.489 e. The Bertz CT molecular complexity index is 565. The first-order valence-corrected chi connectivity index (χ1v) is 7.36. The van der Waals surface area contributed by atoms with Crippen LogP contribution in [0.5, 0.6) is 5.75 Å². The maximum atomic E-state index is 12.4. The molecule has 1 heterocycles. The number of nitrogens with zero attached hydrogens (tertiary/aromatic N) is 1. The van der Waals surface area contributed by atoms with Gasteiger partial charge < -0.3 is 14.7 Å². The highest BCUT2D eigenvalue weighted by atomic mass is 16.5. The van der Waals surface area contributed by atoms with Crippen LogP contribution in [0.15, 0.2) is 36.4 Å². The first-order valence-electron chi connectivity index (χ1n) is 7.36. The van der Waals surface area contributed by atoms with Crippen LogP contribution in [0, 0.1) is 5.92 Å². The number of benzene rings is 1. The van der Waals surface area contributed by atoms with Gasteiger partial charge in [0.2, 0.25) is 0 Å². The minimum absolute atomic E-state index is 0.127. The van der Waals surface area contributed by atoms with Crippen LogP contribution >= 0.6 is 0 Å². The number of ether oxygens (including phenoxy) is 1. The number of carboxylic acids is 1. The number of amides is 1. The van der Waals surface area contributed by atoms with Crippen LogP contribution in [0.25, 0.3) is 0 Å². The Morgan fingerprint density at radius 2 is 2.05 bits per heavy atom. The quantitative estimate of drug-likeness (QED) is 0.849. The van der Waals surface area contributed by atoms with Crippen molar-refractivity contribution < 1.29 is 19.4 Å². The molecule has 1 saturated heterocycles. The molecule has 118 valence electrons. The van der Waals surface area contributed by atoms with Crippen molar-refractivity contribution in [2.24, 2.45) is 5.92 Å². The van der Waals surface area contributed by atoms with E-state index in [9.17, 15) is 9.59 Å². The maximum absolute atomic E-state index is 12.4. The van der Waals surface area contributed by atoms with Gasteiger partial charge in [0.1, 0.15) is 12.4 Å². The Balaban J connectivity index is 2.00. The van der Waals surface area contributed by atoms with Crippen molar-refractivity contribution >= 4 is 11.9 Å². The Morgan fingerprint density at radius 1 is 1.36 bits per heavy atom. The molecule has 1 aliphatic heterocycles. The van der Waals surface area contributed by atoms with Crippen LogP contribution in [0.4, 0.5) is 0 Å². The molecule has 0 saturated carbocycles. The molecule has 1 aromatic rings. The van der Waals surface area contributed by atoms with Gasteiger partial charge in [-0.2, -0.15) is 0 Å². The summed E-state index contributed by atoms with van der Waals surface area (Å²) >= 11 is 0. The predicted molar refractivity (Wildman–Crippen MR) is 83.0 cm³/mol. The highest BCUT2D eigenvalue weighted by Crippen LogP contribution is 2.20. The summed E-state index contributed by atoms with van der Waals surface area (Å²) in [6.45, 7) is 6.98. The summed E-state index contributed by atoms with van der Waals surface area (Å²) in [5.74, 6) is -0.740. The van der Waals surface area contributed by atoms with Crippen molar-refractivity contribution in [1.82, 2.24) is 4.90 Å². The molecule has 5 nitrogen and oxygen atoms in total. The zero-order valence-electron chi connectivity index (χ0n) is 12.7. The van der Waals surface area contributed by atoms with E-state index in [0.29, 0.717) is 30.9 Å². The second kappa shape index (κ2) is 7.11. The number of piperidine rings is 1. The lowest BCUT2D eigenvalue weighted by Gasteiger charge is -2.30. The number of rotatable bonds is 5. The standard InChI is InChI=1S/C17H21NO4/c1-12(2)11-22-15-7-5-13(6-8-15)16(19)18-9-3-4-14(10-18)17(20)21/h5-8,14H,1,3-4,9-11H2,2H3,(H,20,21). The Labute approximate surface area is 130 Å². The average molecular weight is 303 g/mol. The van der Waals surface area contributed by atoms with Gasteiger partial charge in [0.25, 0.3) is 5.91 Å². The third-order valence-corrected chi connectivity index (χ3v) is 3.64. The lowest BCUT2D eigenvalue weighted by Crippen LogP contribution is -2.42. The smallest absolute Gasteiger partial charge is 0.308 e. The van der Waals surface area contributed by atoms with Crippen molar-refractivity contribution in [1.29, 1.82) is 0 Å². The first-order chi connectivity index (χ1) is 10.5. The molecule has 0 spiro atoms. The molecule has 1 fully saturated rings. The van der Waals surface area contributed by atoms with E-state index >= 15 is 0 Å². The van der Waals surface area contributed by atoms with Gasteiger partial charge >= 0.3 is 5.97 Å². The lowest BCUT2D eigenvalue weighted by atomic mass is 9.97. The SMILES string of the molecule is C=C(C)COc1ccc(C(=O)N2CCCC(C(=O)O)C2)cc1. The number of aliphatic carboxylic acids is 1. The van der Waals surface area contributed by atoms with Gasteiger partial charge in [0, 0.05) is 18.7 Å². The summed E-state index contributed by atoms with van der Waals surface area (Å²) in [7, 11) is 0. The molecule has 0 aliphatic carbocycles. The van der Waals surface area contributed by atoms with Crippen LogP contribution < -0.4 is 4.74 Å². The number of hydrogen-bond acceptors (Lipinski definition) is 3. The fourth-order valence-electron chi connectivity index (χ4n) is 2.45. The summed E-state index contributed by atoms with van der Waals surface area (Å²) < 4.78 is 5.49. The van der Waals surface area contributed by atoms with Gasteiger partial charge in [-0.3, -0.25) is 9.59 Å². The van der Waals surface area contributed by atoms with Crippen molar-refractivity contribution in [3.8, 4) is 5.75 Å². The molecule has 0 aromatic heterocycles. The maximum Gasteiger partial charge on any atom is 0.308 e. The fraction of sp³-hybridized carbons (Fsp3) is 0.412. The molecule has 1 N–H and O–H groups in total. The molecule has 1 amide bonds. The van der Waals surface area contributed by atoms with E-state index < -0.39 is 11.9 Å². The zero-order chi connectivity index (χ0) is 16.1. The van der Waals surface area contributed by atoms with Crippen LogP contribution in [-0.2, 0) is 4.79 Å². The second-order valence-corrected chi connectivity index (χ2v) is 5.70. The summed E-state index contributed by atoms with van der Waals surface area (Å²) in [5, 5.41) is 9.09. The monoisotopic (exact) mass is 303 g/mol. The first kappa shape index (κ1) is 16.1. The second-order valence-electron chi connectivity index (χ2n) is 5.70. The van der Waals surface area contributed by atoms with E-state index in [-0.39, 0.29) is 12.5 Å². The average Bonchev–Trinajstić information content (AvgIpc) is 2.53. The van der Waals surface area contributed by atoms with Crippen molar-refractivity contribution in [3.05, 3.63) is 42.0 Å². The van der Waals surface area contributed by atoms with Gasteiger partial charge in [-0.05, 0) is 49.6 Å². The van der Waals surface area contributed by atoms with Gasteiger partial charge in [-0.25, -0.2) is 0 Å². The highest BCUT2D eigenvalue weighted by molar-refractivity contribution is 5.94. The zero-order valence-corrected chi connectivity index (χ0v) is 12.7. The van der Waals surface area contributed by atoms with Crippen molar-refractivity contribution in [3.63, 3.8) is 0 Å². The highest BCUT2D eigenvalue weighted by Gasteiger charge is 2.28. The van der Waals surface area contributed by atoms with Gasteiger partial charge in [0.05, 0.1) is 5.92 Å². The lowest BCUT2D eigenvalue weighted by molar-refractivity contribution is -0.143. The Hall–Kier alpha value is -2.30. The van der Waals surface area contributed by atoms with Crippen LogP contribution in [0.2, 0.25) is 0 Å². The molecule has 5 heteroatoms. The summed E-state index contributed by atoms with van der Waals surface area (Å²) in [6, 6.07) is 6.91. The van der Waals surface area contributed by atoms with E-state index in [1.165, 1.54) is 0 Å². The molecule has 1 aliphatic rings. The van der Waals surface area contributed by atoms with Crippen molar-refractivity contribution in [2.75, 3.05) is 19.7 Å². The van der Waals surface area contributed by atoms with Crippen molar-refractivity contribution in [2.45, 2.75) is 19.8 Å². The summed E-state index contributed by atoms with van der Waals surface area (Å²) in [4.78, 5) is 25.1. The third kappa shape index (κ3) is 4.10. The summed E-state index contributed by atoms with van der Waals surface area (Å²) in [5.41, 5.74) is 1.47. The molecule has 2 rings (SSSR count). The van der Waals surface area contributed by atoms with Crippen LogP contribution in [0.1, 0.15) is 30.1 Å². The molecular weight excluding hydrogens is 282 g/mol. The predicted octanol–water partition coefficient (Wildman–Crippen LogP) is 2.58. The molecular formula is C17H21NO4. The van der Waals surface area contributed by atoms with Crippen LogP contribution in [0.3, 0.4) is 0 Å². The minimum Gasteiger partial charge on any atom is -0.489 e. The summed E-state index contributed by atoms with van der Waals surface area (Å²) in [6.07, 6.45) is 1.36. The molecule has 0 bridgehead atoms. The number of likely N-dealkylation sites (tertiary alicyclic amines) is 1. The molecule has 1 aromatic carbocycles. The number of carbonyl (C=O) groups is 2. The van der Waals surface area contributed by atoms with Gasteiger partial charge in [0.15, 0.2) is 0 Å². The van der Waals surface area contributed by atoms with E-state index in [4.69, 9.17) is 9.84 Å². The van der Waals surface area contributed by atoms with Gasteiger partial charge in [-0.1, -0.05) is 6.58 Å². The number of carboxylic acid groups (broad SMARTS) is 1.